The average Bonchev–Trinajstić information content (AvgIpc) is 2.81. The smallest absolute Gasteiger partial charge is 0.176 e. The number of carbonyl (C=O) groups is 1. The van der Waals surface area contributed by atoms with Gasteiger partial charge in [-0.2, -0.15) is 0 Å². The summed E-state index contributed by atoms with van der Waals surface area (Å²) in [6.07, 6.45) is 2.11. The second-order valence-corrected chi connectivity index (χ2v) is 5.61. The minimum atomic E-state index is 0.189. The summed E-state index contributed by atoms with van der Waals surface area (Å²) in [5.74, 6) is 1.12. The van der Waals surface area contributed by atoms with Crippen LogP contribution in [0.15, 0.2) is 18.2 Å². The number of benzene rings is 1. The lowest BCUT2D eigenvalue weighted by molar-refractivity contribution is 0.0657. The van der Waals surface area contributed by atoms with Gasteiger partial charge in [-0.3, -0.25) is 9.69 Å². The van der Waals surface area contributed by atoms with Crippen molar-refractivity contribution in [3.63, 3.8) is 0 Å². The second kappa shape index (κ2) is 5.94. The molecular formula is C16H21NO3. The molecule has 3 rings (SSSR count). The molecule has 0 radical (unpaired) electrons. The fourth-order valence-electron chi connectivity index (χ4n) is 2.88. The molecule has 1 unspecified atom stereocenters. The van der Waals surface area contributed by atoms with Gasteiger partial charge in [0.2, 0.25) is 0 Å². The number of ether oxygens (including phenoxy) is 2. The number of Topliss-reactive ketones (excluding diaryl/α,β-unsaturated/α-hetero) is 1. The summed E-state index contributed by atoms with van der Waals surface area (Å²) in [4.78, 5) is 14.6. The lowest BCUT2D eigenvalue weighted by Crippen LogP contribution is -2.34. The van der Waals surface area contributed by atoms with Gasteiger partial charge in [-0.05, 0) is 37.1 Å². The zero-order valence-corrected chi connectivity index (χ0v) is 11.9. The summed E-state index contributed by atoms with van der Waals surface area (Å²) in [5.41, 5.74) is 1.95. The van der Waals surface area contributed by atoms with Crippen LogP contribution in [-0.2, 0) is 11.2 Å². The first-order chi connectivity index (χ1) is 9.72. The van der Waals surface area contributed by atoms with Crippen LogP contribution >= 0.6 is 0 Å². The maximum Gasteiger partial charge on any atom is 0.176 e. The molecule has 1 aromatic carbocycles. The Morgan fingerprint density at radius 3 is 3.20 bits per heavy atom. The van der Waals surface area contributed by atoms with Gasteiger partial charge in [-0.15, -0.1) is 0 Å². The lowest BCUT2D eigenvalue weighted by Gasteiger charge is -2.20. The first-order valence-corrected chi connectivity index (χ1v) is 7.35. The van der Waals surface area contributed by atoms with E-state index in [1.54, 1.807) is 0 Å². The molecule has 0 aliphatic carbocycles. The van der Waals surface area contributed by atoms with Crippen LogP contribution in [0.3, 0.4) is 0 Å². The van der Waals surface area contributed by atoms with Gasteiger partial charge in [-0.1, -0.05) is 0 Å². The Morgan fingerprint density at radius 2 is 2.30 bits per heavy atom. The molecule has 1 atom stereocenters. The topological polar surface area (TPSA) is 38.8 Å². The molecule has 1 aromatic rings. The molecule has 1 saturated heterocycles. The van der Waals surface area contributed by atoms with Gasteiger partial charge in [-0.25, -0.2) is 0 Å². The summed E-state index contributed by atoms with van der Waals surface area (Å²) >= 11 is 0. The van der Waals surface area contributed by atoms with Crippen LogP contribution in [0.5, 0.6) is 5.75 Å². The van der Waals surface area contributed by atoms with E-state index in [1.807, 2.05) is 18.2 Å². The molecule has 0 aromatic heterocycles. The average molecular weight is 275 g/mol. The van der Waals surface area contributed by atoms with Gasteiger partial charge in [0.25, 0.3) is 0 Å². The van der Waals surface area contributed by atoms with E-state index >= 15 is 0 Å². The molecule has 1 fully saturated rings. The van der Waals surface area contributed by atoms with Crippen molar-refractivity contribution in [1.29, 1.82) is 0 Å². The van der Waals surface area contributed by atoms with Crippen LogP contribution in [-0.4, -0.2) is 49.6 Å². The summed E-state index contributed by atoms with van der Waals surface area (Å²) in [5, 5.41) is 0. The molecule has 0 saturated carbocycles. The zero-order valence-electron chi connectivity index (χ0n) is 11.9. The minimum Gasteiger partial charge on any atom is -0.493 e. The van der Waals surface area contributed by atoms with Crippen molar-refractivity contribution >= 4 is 5.78 Å². The predicted octanol–water partition coefficient (Wildman–Crippen LogP) is 1.92. The van der Waals surface area contributed by atoms with Crippen LogP contribution in [0.1, 0.15) is 29.3 Å². The third kappa shape index (κ3) is 3.02. The van der Waals surface area contributed by atoms with E-state index in [9.17, 15) is 4.79 Å². The van der Waals surface area contributed by atoms with Gasteiger partial charge in [0.15, 0.2) is 5.78 Å². The van der Waals surface area contributed by atoms with Crippen LogP contribution in [0.25, 0.3) is 0 Å². The Morgan fingerprint density at radius 1 is 1.40 bits per heavy atom. The highest BCUT2D eigenvalue weighted by Gasteiger charge is 2.20. The van der Waals surface area contributed by atoms with Gasteiger partial charge in [0.05, 0.1) is 19.3 Å². The first kappa shape index (κ1) is 13.6. The molecule has 0 N–H and O–H groups in total. The lowest BCUT2D eigenvalue weighted by atomic mass is 10.0. The highest BCUT2D eigenvalue weighted by atomic mass is 16.5. The summed E-state index contributed by atoms with van der Waals surface area (Å²) in [6.45, 7) is 5.84. The molecule has 4 nitrogen and oxygen atoms in total. The standard InChI is InChI=1S/C16H21NO3/c1-12-10-17(6-2-7-19-12)11-15(18)13-3-4-16-14(9-13)5-8-20-16/h3-4,9,12H,2,5-8,10-11H2,1H3. The summed E-state index contributed by atoms with van der Waals surface area (Å²) in [6, 6.07) is 5.79. The Labute approximate surface area is 119 Å². The fourth-order valence-corrected chi connectivity index (χ4v) is 2.88. The Hall–Kier alpha value is -1.39. The zero-order chi connectivity index (χ0) is 13.9. The molecule has 20 heavy (non-hydrogen) atoms. The largest absolute Gasteiger partial charge is 0.493 e. The summed E-state index contributed by atoms with van der Waals surface area (Å²) in [7, 11) is 0. The van der Waals surface area contributed by atoms with Crippen LogP contribution in [0.4, 0.5) is 0 Å². The highest BCUT2D eigenvalue weighted by molar-refractivity contribution is 5.98. The fraction of sp³-hybridized carbons (Fsp3) is 0.562. The van der Waals surface area contributed by atoms with Gasteiger partial charge < -0.3 is 9.47 Å². The minimum absolute atomic E-state index is 0.189. The maximum atomic E-state index is 12.4. The number of nitrogens with zero attached hydrogens (tertiary/aromatic N) is 1. The van der Waals surface area contributed by atoms with Crippen molar-refractivity contribution < 1.29 is 14.3 Å². The molecule has 4 heteroatoms. The van der Waals surface area contributed by atoms with Crippen molar-refractivity contribution in [2.45, 2.75) is 25.9 Å². The van der Waals surface area contributed by atoms with Crippen molar-refractivity contribution in [3.05, 3.63) is 29.3 Å². The van der Waals surface area contributed by atoms with E-state index in [1.165, 1.54) is 0 Å². The van der Waals surface area contributed by atoms with E-state index in [4.69, 9.17) is 9.47 Å². The van der Waals surface area contributed by atoms with Gasteiger partial charge >= 0.3 is 0 Å². The molecule has 0 spiro atoms. The van der Waals surface area contributed by atoms with Crippen molar-refractivity contribution in [1.82, 2.24) is 4.90 Å². The van der Waals surface area contributed by atoms with Gasteiger partial charge in [0.1, 0.15) is 5.75 Å². The van der Waals surface area contributed by atoms with E-state index in [0.717, 1.165) is 56.0 Å². The SMILES string of the molecule is CC1CN(CC(=O)c2ccc3c(c2)CCO3)CCCO1. The van der Waals surface area contributed by atoms with Gasteiger partial charge in [0, 0.05) is 31.7 Å². The number of carbonyl (C=O) groups excluding carboxylic acids is 1. The molecule has 2 aliphatic heterocycles. The first-order valence-electron chi connectivity index (χ1n) is 7.35. The monoisotopic (exact) mass is 275 g/mol. The Balaban J connectivity index is 1.66. The predicted molar refractivity (Wildman–Crippen MR) is 76.4 cm³/mol. The van der Waals surface area contributed by atoms with Crippen molar-refractivity contribution in [3.8, 4) is 5.75 Å². The van der Waals surface area contributed by atoms with Crippen LogP contribution in [0, 0.1) is 0 Å². The molecular weight excluding hydrogens is 254 g/mol. The number of hydrogen-bond donors (Lipinski definition) is 0. The third-order valence-electron chi connectivity index (χ3n) is 3.91. The quantitative estimate of drug-likeness (QED) is 0.790. The van der Waals surface area contributed by atoms with E-state index in [0.29, 0.717) is 6.54 Å². The molecule has 2 heterocycles. The highest BCUT2D eigenvalue weighted by Crippen LogP contribution is 2.26. The molecule has 0 amide bonds. The Kier molecular flexibility index (Phi) is 4.03. The van der Waals surface area contributed by atoms with E-state index in [2.05, 4.69) is 11.8 Å². The number of ketones is 1. The normalized spacial score (nSPS) is 22.9. The summed E-state index contributed by atoms with van der Waals surface area (Å²) < 4.78 is 11.1. The van der Waals surface area contributed by atoms with Crippen LogP contribution in [0.2, 0.25) is 0 Å². The molecule has 2 aliphatic rings. The third-order valence-corrected chi connectivity index (χ3v) is 3.91. The second-order valence-electron chi connectivity index (χ2n) is 5.61. The van der Waals surface area contributed by atoms with Crippen molar-refractivity contribution in [2.24, 2.45) is 0 Å². The van der Waals surface area contributed by atoms with E-state index in [-0.39, 0.29) is 11.9 Å². The van der Waals surface area contributed by atoms with Crippen LogP contribution < -0.4 is 4.74 Å². The number of hydrogen-bond acceptors (Lipinski definition) is 4. The Bertz CT molecular complexity index is 500. The van der Waals surface area contributed by atoms with E-state index < -0.39 is 0 Å². The molecule has 108 valence electrons. The number of rotatable bonds is 3. The number of fused-ring (bicyclic) bond motifs is 1. The molecule has 0 bridgehead atoms. The van der Waals surface area contributed by atoms with Crippen molar-refractivity contribution in [2.75, 3.05) is 32.8 Å². The maximum absolute atomic E-state index is 12.4.